The van der Waals surface area contributed by atoms with Crippen LogP contribution in [-0.4, -0.2) is 49.9 Å². The van der Waals surface area contributed by atoms with Crippen LogP contribution in [0.5, 0.6) is 0 Å². The van der Waals surface area contributed by atoms with E-state index in [1.54, 1.807) is 0 Å². The molecule has 0 bridgehead atoms. The van der Waals surface area contributed by atoms with Gasteiger partial charge < -0.3 is 29.2 Å². The molecule has 1 aromatic heterocycles. The third-order valence-electron chi connectivity index (χ3n) is 2.85. The van der Waals surface area contributed by atoms with Crippen LogP contribution in [0.15, 0.2) is 20.3 Å². The number of aromatic nitrogens is 1. The topological polar surface area (TPSA) is 180 Å². The smallest absolute Gasteiger partial charge is 0.417 e. The van der Waals surface area contributed by atoms with Gasteiger partial charge in [-0.3, -0.25) is 14.3 Å². The number of hydrogen-bond donors (Lipinski definition) is 5. The predicted octanol–water partition coefficient (Wildman–Crippen LogP) is -2.40. The minimum Gasteiger partial charge on any atom is -0.417 e. The molecule has 21 heavy (non-hydrogen) atoms. The normalized spacial score (nSPS) is 29.7. The number of phosphoric ester groups is 1. The first kappa shape index (κ1) is 16.0. The van der Waals surface area contributed by atoms with E-state index >= 15 is 0 Å². The van der Waals surface area contributed by atoms with E-state index in [1.807, 2.05) is 4.98 Å². The third-order valence-corrected chi connectivity index (χ3v) is 3.33. The average molecular weight is 325 g/mol. The zero-order valence-electron chi connectivity index (χ0n) is 10.3. The quantitative estimate of drug-likeness (QED) is 0.374. The van der Waals surface area contributed by atoms with Crippen molar-refractivity contribution in [2.75, 3.05) is 6.61 Å². The molecule has 0 saturated carbocycles. The Kier molecular flexibility index (Phi) is 4.44. The second kappa shape index (κ2) is 5.81. The summed E-state index contributed by atoms with van der Waals surface area (Å²) in [7, 11) is -4.77. The van der Waals surface area contributed by atoms with Crippen molar-refractivity contribution >= 4 is 7.82 Å². The number of ether oxygens (including phenoxy) is 1. The van der Waals surface area contributed by atoms with Gasteiger partial charge >= 0.3 is 13.6 Å². The van der Waals surface area contributed by atoms with Crippen LogP contribution >= 0.6 is 7.82 Å². The molecule has 0 unspecified atom stereocenters. The standard InChI is InChI=1S/C9H12NO10P/c11-5-4(2-19-21(15,16)17)20-7(6(5)12)3-1-18-9(14)10-8(3)13/h1,4-7,11-12H,2H2,(H,10,13,14)(H2,15,16,17)/t4-,5-,6-,7+/m1/s1. The lowest BCUT2D eigenvalue weighted by atomic mass is 10.0. The number of hydrogen-bond acceptors (Lipinski definition) is 8. The molecule has 0 radical (unpaired) electrons. The Morgan fingerprint density at radius 3 is 2.52 bits per heavy atom. The maximum Gasteiger partial charge on any atom is 0.469 e. The highest BCUT2D eigenvalue weighted by Gasteiger charge is 2.45. The molecule has 1 aliphatic heterocycles. The van der Waals surface area contributed by atoms with E-state index in [1.165, 1.54) is 0 Å². The SMILES string of the molecule is O=c1[nH]c(=O)c([C@@H]2O[C@H](COP(=O)(O)O)[C@@H](O)[C@H]2O)co1. The molecule has 4 atom stereocenters. The molecule has 12 heteroatoms. The molecule has 5 N–H and O–H groups in total. The highest BCUT2D eigenvalue weighted by Crippen LogP contribution is 2.38. The van der Waals surface area contributed by atoms with Crippen molar-refractivity contribution in [3.63, 3.8) is 0 Å². The third kappa shape index (κ3) is 3.66. The fraction of sp³-hybridized carbons (Fsp3) is 0.556. The lowest BCUT2D eigenvalue weighted by Gasteiger charge is -2.14. The Labute approximate surface area is 116 Å². The molecule has 0 aliphatic carbocycles. The van der Waals surface area contributed by atoms with Crippen molar-refractivity contribution in [2.45, 2.75) is 24.4 Å². The Morgan fingerprint density at radius 2 is 1.95 bits per heavy atom. The van der Waals surface area contributed by atoms with Crippen LogP contribution in [-0.2, 0) is 13.8 Å². The molecule has 11 nitrogen and oxygen atoms in total. The van der Waals surface area contributed by atoms with Gasteiger partial charge in [-0.25, -0.2) is 9.36 Å². The van der Waals surface area contributed by atoms with E-state index in [0.717, 1.165) is 6.26 Å². The molecule has 1 saturated heterocycles. The number of rotatable bonds is 4. The van der Waals surface area contributed by atoms with Gasteiger partial charge in [0, 0.05) is 0 Å². The highest BCUT2D eigenvalue weighted by molar-refractivity contribution is 7.46. The largest absolute Gasteiger partial charge is 0.469 e. The maximum atomic E-state index is 11.6. The summed E-state index contributed by atoms with van der Waals surface area (Å²) >= 11 is 0. The Bertz CT molecular complexity index is 661. The Balaban J connectivity index is 2.18. The highest BCUT2D eigenvalue weighted by atomic mass is 31.2. The molecular formula is C9H12NO10P. The summed E-state index contributed by atoms with van der Waals surface area (Å²) in [6, 6.07) is 0. The summed E-state index contributed by atoms with van der Waals surface area (Å²) in [6.45, 7) is -0.701. The molecule has 1 aromatic rings. The summed E-state index contributed by atoms with van der Waals surface area (Å²) < 4.78 is 24.3. The first-order chi connectivity index (χ1) is 9.69. The average Bonchev–Trinajstić information content (AvgIpc) is 2.64. The maximum absolute atomic E-state index is 11.6. The van der Waals surface area contributed by atoms with Crippen LogP contribution in [0.1, 0.15) is 11.7 Å². The van der Waals surface area contributed by atoms with Gasteiger partial charge in [0.1, 0.15) is 30.7 Å². The number of H-pyrrole nitrogens is 1. The van der Waals surface area contributed by atoms with Gasteiger partial charge in [0.05, 0.1) is 12.2 Å². The number of phosphoric acid groups is 1. The van der Waals surface area contributed by atoms with Crippen molar-refractivity contribution in [1.82, 2.24) is 4.98 Å². The van der Waals surface area contributed by atoms with E-state index in [4.69, 9.17) is 14.5 Å². The summed E-state index contributed by atoms with van der Waals surface area (Å²) in [4.78, 5) is 41.3. The van der Waals surface area contributed by atoms with Gasteiger partial charge in [-0.1, -0.05) is 0 Å². The van der Waals surface area contributed by atoms with E-state index in [-0.39, 0.29) is 5.56 Å². The first-order valence-corrected chi connectivity index (χ1v) is 7.16. The molecular weight excluding hydrogens is 313 g/mol. The lowest BCUT2D eigenvalue weighted by Crippen LogP contribution is -2.34. The second-order valence-corrected chi connectivity index (χ2v) is 5.53. The van der Waals surface area contributed by atoms with Gasteiger partial charge in [0.2, 0.25) is 0 Å². The summed E-state index contributed by atoms with van der Waals surface area (Å²) in [5.41, 5.74) is -1.13. The number of aliphatic hydroxyl groups excluding tert-OH is 2. The summed E-state index contributed by atoms with van der Waals surface area (Å²) in [5, 5.41) is 19.5. The van der Waals surface area contributed by atoms with E-state index in [9.17, 15) is 24.4 Å². The van der Waals surface area contributed by atoms with E-state index < -0.39 is 50.2 Å². The van der Waals surface area contributed by atoms with Crippen molar-refractivity contribution in [1.29, 1.82) is 0 Å². The Morgan fingerprint density at radius 1 is 1.29 bits per heavy atom. The van der Waals surface area contributed by atoms with Gasteiger partial charge in [-0.05, 0) is 0 Å². The zero-order chi connectivity index (χ0) is 15.8. The number of nitrogens with one attached hydrogen (secondary N) is 1. The summed E-state index contributed by atoms with van der Waals surface area (Å²) in [6.07, 6.45) is -4.95. The fourth-order valence-electron chi connectivity index (χ4n) is 1.88. The van der Waals surface area contributed by atoms with Crippen LogP contribution in [0.3, 0.4) is 0 Å². The van der Waals surface area contributed by atoms with E-state index in [0.29, 0.717) is 0 Å². The van der Waals surface area contributed by atoms with Crippen LogP contribution in [0.2, 0.25) is 0 Å². The van der Waals surface area contributed by atoms with Gasteiger partial charge in [-0.2, -0.15) is 0 Å². The van der Waals surface area contributed by atoms with Crippen molar-refractivity contribution in [3.8, 4) is 0 Å². The van der Waals surface area contributed by atoms with Crippen molar-refractivity contribution in [3.05, 3.63) is 32.7 Å². The molecule has 0 aromatic carbocycles. The van der Waals surface area contributed by atoms with Crippen LogP contribution in [0.4, 0.5) is 0 Å². The molecule has 118 valence electrons. The zero-order valence-corrected chi connectivity index (χ0v) is 11.2. The van der Waals surface area contributed by atoms with Crippen LogP contribution in [0.25, 0.3) is 0 Å². The summed E-state index contributed by atoms with van der Waals surface area (Å²) in [5.74, 6) is -1.00. The second-order valence-electron chi connectivity index (χ2n) is 4.30. The molecule has 2 heterocycles. The number of aromatic amines is 1. The van der Waals surface area contributed by atoms with Gasteiger partial charge in [0.15, 0.2) is 0 Å². The molecule has 2 rings (SSSR count). The minimum absolute atomic E-state index is 0.250. The van der Waals surface area contributed by atoms with E-state index in [2.05, 4.69) is 8.94 Å². The first-order valence-electron chi connectivity index (χ1n) is 5.63. The predicted molar refractivity (Wildman–Crippen MR) is 63.2 cm³/mol. The van der Waals surface area contributed by atoms with Crippen molar-refractivity contribution in [2.24, 2.45) is 0 Å². The van der Waals surface area contributed by atoms with Crippen LogP contribution in [0, 0.1) is 0 Å². The van der Waals surface area contributed by atoms with Crippen LogP contribution < -0.4 is 11.3 Å². The van der Waals surface area contributed by atoms with Crippen molar-refractivity contribution < 1.29 is 38.2 Å². The fourth-order valence-corrected chi connectivity index (χ4v) is 2.22. The minimum atomic E-state index is -4.77. The molecule has 1 aliphatic rings. The number of aliphatic hydroxyl groups is 2. The monoisotopic (exact) mass is 325 g/mol. The Hall–Kier alpha value is -1.33. The molecule has 0 spiro atoms. The van der Waals surface area contributed by atoms with Gasteiger partial charge in [0.25, 0.3) is 5.56 Å². The lowest BCUT2D eigenvalue weighted by molar-refractivity contribution is -0.0233. The van der Waals surface area contributed by atoms with Gasteiger partial charge in [-0.15, -0.1) is 0 Å². The molecule has 1 fully saturated rings. The molecule has 0 amide bonds.